The highest BCUT2D eigenvalue weighted by molar-refractivity contribution is 5.69. The van der Waals surface area contributed by atoms with Gasteiger partial charge in [0.2, 0.25) is 0 Å². The van der Waals surface area contributed by atoms with Gasteiger partial charge in [0, 0.05) is 0 Å². The number of unbranched alkanes of at least 4 members (excludes halogenated alkanes) is 1. The number of hydrogen-bond donors (Lipinski definition) is 0. The predicted octanol–water partition coefficient (Wildman–Crippen LogP) is 2.86. The van der Waals surface area contributed by atoms with E-state index < -0.39 is 0 Å². The van der Waals surface area contributed by atoms with Crippen molar-refractivity contribution in [2.75, 3.05) is 13.2 Å². The molecule has 0 amide bonds. The van der Waals surface area contributed by atoms with Gasteiger partial charge in [0.05, 0.1) is 19.6 Å². The Morgan fingerprint density at radius 3 is 2.50 bits per heavy atom. The summed E-state index contributed by atoms with van der Waals surface area (Å²) in [5.74, 6) is -0.222. The lowest BCUT2D eigenvalue weighted by Crippen LogP contribution is -2.20. The van der Waals surface area contributed by atoms with Gasteiger partial charge >= 0.3 is 5.97 Å². The summed E-state index contributed by atoms with van der Waals surface area (Å²) in [6.07, 6.45) is 3.90. The van der Waals surface area contributed by atoms with Crippen LogP contribution in [-0.4, -0.2) is 25.3 Å². The van der Waals surface area contributed by atoms with Gasteiger partial charge in [-0.15, -0.1) is 0 Å². The summed E-state index contributed by atoms with van der Waals surface area (Å²) in [5.41, 5.74) is 0. The third kappa shape index (κ3) is 8.68. The molecule has 0 aliphatic carbocycles. The fourth-order valence-electron chi connectivity index (χ4n) is 1.26. The molecule has 0 saturated heterocycles. The molecule has 0 radical (unpaired) electrons. The maximum absolute atomic E-state index is 11.3. The van der Waals surface area contributed by atoms with Crippen LogP contribution in [0.1, 0.15) is 52.9 Å². The van der Waals surface area contributed by atoms with Crippen LogP contribution in [0.25, 0.3) is 0 Å². The molecular formula is C12H24O4. The standard InChI is InChI=1S/C12H24O4/c1-4-7-9-15-16-11(8-5-2)10-12(13)14-6-3/h11H,4-10H2,1-3H3. The Morgan fingerprint density at radius 2 is 1.94 bits per heavy atom. The molecule has 0 bridgehead atoms. The minimum absolute atomic E-state index is 0.180. The second-order valence-electron chi connectivity index (χ2n) is 3.69. The molecular weight excluding hydrogens is 208 g/mol. The molecule has 0 aliphatic rings. The number of carbonyl (C=O) groups is 1. The zero-order valence-corrected chi connectivity index (χ0v) is 10.7. The van der Waals surface area contributed by atoms with Crippen molar-refractivity contribution in [2.24, 2.45) is 0 Å². The average molecular weight is 232 g/mol. The maximum Gasteiger partial charge on any atom is 0.308 e. The van der Waals surface area contributed by atoms with E-state index in [1.807, 2.05) is 6.92 Å². The van der Waals surface area contributed by atoms with Gasteiger partial charge in [-0.2, -0.15) is 0 Å². The first kappa shape index (κ1) is 15.4. The van der Waals surface area contributed by atoms with Crippen LogP contribution >= 0.6 is 0 Å². The largest absolute Gasteiger partial charge is 0.466 e. The molecule has 0 saturated carbocycles. The highest BCUT2D eigenvalue weighted by Gasteiger charge is 2.15. The monoisotopic (exact) mass is 232 g/mol. The summed E-state index contributed by atoms with van der Waals surface area (Å²) in [4.78, 5) is 21.5. The summed E-state index contributed by atoms with van der Waals surface area (Å²) in [6, 6.07) is 0. The molecule has 0 heterocycles. The molecule has 0 aliphatic heterocycles. The number of hydrogen-bond acceptors (Lipinski definition) is 4. The Balaban J connectivity index is 3.73. The first-order chi connectivity index (χ1) is 7.74. The van der Waals surface area contributed by atoms with E-state index >= 15 is 0 Å². The molecule has 0 fully saturated rings. The molecule has 16 heavy (non-hydrogen) atoms. The van der Waals surface area contributed by atoms with Gasteiger partial charge in [-0.25, -0.2) is 9.78 Å². The molecule has 4 heteroatoms. The SMILES string of the molecule is CCCCOOC(CCC)CC(=O)OCC. The second kappa shape index (κ2) is 10.9. The van der Waals surface area contributed by atoms with E-state index in [-0.39, 0.29) is 18.5 Å². The zero-order valence-electron chi connectivity index (χ0n) is 10.7. The lowest BCUT2D eigenvalue weighted by molar-refractivity contribution is -0.325. The van der Waals surface area contributed by atoms with Crippen molar-refractivity contribution in [2.45, 2.75) is 59.0 Å². The van der Waals surface area contributed by atoms with Crippen molar-refractivity contribution in [3.8, 4) is 0 Å². The van der Waals surface area contributed by atoms with Crippen molar-refractivity contribution in [3.05, 3.63) is 0 Å². The van der Waals surface area contributed by atoms with Crippen LogP contribution < -0.4 is 0 Å². The van der Waals surface area contributed by atoms with Crippen LogP contribution in [0, 0.1) is 0 Å². The van der Waals surface area contributed by atoms with Crippen LogP contribution in [0.3, 0.4) is 0 Å². The number of rotatable bonds is 10. The Labute approximate surface area is 98.2 Å². The second-order valence-corrected chi connectivity index (χ2v) is 3.69. The predicted molar refractivity (Wildman–Crippen MR) is 61.9 cm³/mol. The van der Waals surface area contributed by atoms with Gasteiger partial charge in [0.1, 0.15) is 6.10 Å². The molecule has 1 unspecified atom stereocenters. The fraction of sp³-hybridized carbons (Fsp3) is 0.917. The summed E-state index contributed by atoms with van der Waals surface area (Å²) in [5, 5.41) is 0. The van der Waals surface area contributed by atoms with E-state index in [0.29, 0.717) is 13.2 Å². The van der Waals surface area contributed by atoms with E-state index in [1.54, 1.807) is 6.92 Å². The average Bonchev–Trinajstić information content (AvgIpc) is 2.25. The number of esters is 1. The Hall–Kier alpha value is -0.610. The van der Waals surface area contributed by atoms with Crippen LogP contribution in [0.4, 0.5) is 0 Å². The van der Waals surface area contributed by atoms with Crippen molar-refractivity contribution >= 4 is 5.97 Å². The molecule has 0 rings (SSSR count). The van der Waals surface area contributed by atoms with Crippen LogP contribution in [0.2, 0.25) is 0 Å². The maximum atomic E-state index is 11.3. The Bertz CT molecular complexity index is 170. The van der Waals surface area contributed by atoms with Gasteiger partial charge in [-0.1, -0.05) is 26.7 Å². The molecule has 1 atom stereocenters. The topological polar surface area (TPSA) is 44.8 Å². The molecule has 96 valence electrons. The molecule has 0 aromatic rings. The summed E-state index contributed by atoms with van der Waals surface area (Å²) in [7, 11) is 0. The molecule has 0 aromatic carbocycles. The smallest absolute Gasteiger partial charge is 0.308 e. The number of carbonyl (C=O) groups excluding carboxylic acids is 1. The van der Waals surface area contributed by atoms with Crippen molar-refractivity contribution in [1.82, 2.24) is 0 Å². The van der Waals surface area contributed by atoms with E-state index in [1.165, 1.54) is 0 Å². The third-order valence-electron chi connectivity index (χ3n) is 2.10. The lowest BCUT2D eigenvalue weighted by atomic mass is 10.1. The van der Waals surface area contributed by atoms with E-state index in [0.717, 1.165) is 25.7 Å². The van der Waals surface area contributed by atoms with Crippen molar-refractivity contribution in [3.63, 3.8) is 0 Å². The minimum Gasteiger partial charge on any atom is -0.466 e. The number of ether oxygens (including phenoxy) is 1. The van der Waals surface area contributed by atoms with E-state index in [2.05, 4.69) is 6.92 Å². The lowest BCUT2D eigenvalue weighted by Gasteiger charge is -2.14. The van der Waals surface area contributed by atoms with Crippen molar-refractivity contribution < 1.29 is 19.3 Å². The summed E-state index contributed by atoms with van der Waals surface area (Å²) >= 11 is 0. The normalized spacial score (nSPS) is 12.4. The van der Waals surface area contributed by atoms with Gasteiger partial charge in [-0.3, -0.25) is 4.79 Å². The molecule has 0 spiro atoms. The van der Waals surface area contributed by atoms with Gasteiger partial charge < -0.3 is 4.74 Å². The highest BCUT2D eigenvalue weighted by atomic mass is 17.2. The van der Waals surface area contributed by atoms with E-state index in [4.69, 9.17) is 14.5 Å². The third-order valence-corrected chi connectivity index (χ3v) is 2.10. The van der Waals surface area contributed by atoms with Gasteiger partial charge in [-0.05, 0) is 19.8 Å². The molecule has 4 nitrogen and oxygen atoms in total. The quantitative estimate of drug-likeness (QED) is 0.251. The Morgan fingerprint density at radius 1 is 1.19 bits per heavy atom. The first-order valence-electron chi connectivity index (χ1n) is 6.18. The van der Waals surface area contributed by atoms with Crippen molar-refractivity contribution in [1.29, 1.82) is 0 Å². The van der Waals surface area contributed by atoms with E-state index in [9.17, 15) is 4.79 Å². The van der Waals surface area contributed by atoms with Gasteiger partial charge in [0.25, 0.3) is 0 Å². The van der Waals surface area contributed by atoms with Crippen LogP contribution in [0.5, 0.6) is 0 Å². The summed E-state index contributed by atoms with van der Waals surface area (Å²) < 4.78 is 4.87. The van der Waals surface area contributed by atoms with Crippen LogP contribution in [-0.2, 0) is 19.3 Å². The first-order valence-corrected chi connectivity index (χ1v) is 6.18. The van der Waals surface area contributed by atoms with Crippen LogP contribution in [0.15, 0.2) is 0 Å². The minimum atomic E-state index is -0.222. The summed E-state index contributed by atoms with van der Waals surface area (Å²) in [6.45, 7) is 6.93. The molecule has 0 N–H and O–H groups in total. The molecule has 0 aromatic heterocycles. The van der Waals surface area contributed by atoms with Gasteiger partial charge in [0.15, 0.2) is 0 Å². The zero-order chi connectivity index (χ0) is 12.2. The highest BCUT2D eigenvalue weighted by Crippen LogP contribution is 2.09. The fourth-order valence-corrected chi connectivity index (χ4v) is 1.26. The Kier molecular flexibility index (Phi) is 10.5.